The molecule has 0 atom stereocenters. The zero-order chi connectivity index (χ0) is 10.4. The van der Waals surface area contributed by atoms with Crippen LogP contribution in [-0.4, -0.2) is 4.99 Å². The van der Waals surface area contributed by atoms with Crippen LogP contribution in [0.1, 0.15) is 31.7 Å². The van der Waals surface area contributed by atoms with E-state index in [1.165, 1.54) is 12.0 Å². The molecule has 1 aromatic carbocycles. The van der Waals surface area contributed by atoms with Gasteiger partial charge in [-0.15, -0.1) is 0 Å². The van der Waals surface area contributed by atoms with Crippen molar-refractivity contribution in [3.8, 4) is 0 Å². The van der Waals surface area contributed by atoms with Crippen LogP contribution >= 0.6 is 12.2 Å². The Bertz CT molecular complexity index is 290. The monoisotopic (exact) mass is 207 g/mol. The molecule has 0 amide bonds. The van der Waals surface area contributed by atoms with Crippen molar-refractivity contribution in [3.63, 3.8) is 0 Å². The summed E-state index contributed by atoms with van der Waals surface area (Å²) in [4.78, 5) is 0.940. The molecule has 1 rings (SSSR count). The zero-order valence-electron chi connectivity index (χ0n) is 8.84. The highest BCUT2D eigenvalue weighted by atomic mass is 32.1. The van der Waals surface area contributed by atoms with E-state index in [9.17, 15) is 0 Å². The molecule has 1 N–H and O–H groups in total. The van der Waals surface area contributed by atoms with Gasteiger partial charge in [-0.25, -0.2) is 0 Å². The maximum absolute atomic E-state index is 5.22. The van der Waals surface area contributed by atoms with Gasteiger partial charge < -0.3 is 5.32 Å². The van der Waals surface area contributed by atoms with E-state index < -0.39 is 0 Å². The molecule has 76 valence electrons. The van der Waals surface area contributed by atoms with E-state index in [1.54, 1.807) is 0 Å². The Morgan fingerprint density at radius 1 is 1.29 bits per heavy atom. The van der Waals surface area contributed by atoms with E-state index in [0.717, 1.165) is 23.5 Å². The lowest BCUT2D eigenvalue weighted by Gasteiger charge is -2.07. The number of hydrogen-bond acceptors (Lipinski definition) is 1. The van der Waals surface area contributed by atoms with Crippen molar-refractivity contribution in [1.82, 2.24) is 0 Å². The molecule has 0 radical (unpaired) electrons. The molecular weight excluding hydrogens is 190 g/mol. The molecule has 0 aromatic heterocycles. The Morgan fingerprint density at radius 2 is 1.93 bits per heavy atom. The van der Waals surface area contributed by atoms with E-state index >= 15 is 0 Å². The van der Waals surface area contributed by atoms with Gasteiger partial charge >= 0.3 is 0 Å². The fourth-order valence-electron chi connectivity index (χ4n) is 1.20. The molecule has 0 spiro atoms. The van der Waals surface area contributed by atoms with Gasteiger partial charge in [0, 0.05) is 5.69 Å². The molecule has 0 aliphatic rings. The molecule has 0 heterocycles. The number of hydrogen-bond donors (Lipinski definition) is 1. The fraction of sp³-hybridized carbons (Fsp3) is 0.417. The van der Waals surface area contributed by atoms with Gasteiger partial charge in [-0.2, -0.15) is 0 Å². The second-order valence-corrected chi connectivity index (χ2v) is 4.01. The Morgan fingerprint density at radius 3 is 2.50 bits per heavy atom. The quantitative estimate of drug-likeness (QED) is 0.751. The van der Waals surface area contributed by atoms with Crippen LogP contribution in [0.2, 0.25) is 0 Å². The minimum absolute atomic E-state index is 0.940. The third-order valence-corrected chi connectivity index (χ3v) is 2.40. The molecule has 0 saturated heterocycles. The predicted molar refractivity (Wildman–Crippen MR) is 66.9 cm³/mol. The smallest absolute Gasteiger partial charge is 0.0797 e. The third kappa shape index (κ3) is 3.88. The van der Waals surface area contributed by atoms with Crippen molar-refractivity contribution < 1.29 is 0 Å². The van der Waals surface area contributed by atoms with Gasteiger partial charge in [0.1, 0.15) is 0 Å². The van der Waals surface area contributed by atoms with Crippen molar-refractivity contribution in [2.45, 2.75) is 33.1 Å². The Kier molecular flexibility index (Phi) is 4.60. The first-order chi connectivity index (χ1) is 6.72. The average molecular weight is 207 g/mol. The van der Waals surface area contributed by atoms with Gasteiger partial charge in [0.2, 0.25) is 0 Å². The van der Waals surface area contributed by atoms with Crippen LogP contribution in [-0.2, 0) is 0 Å². The minimum Gasteiger partial charge on any atom is -0.350 e. The number of rotatable bonds is 4. The van der Waals surface area contributed by atoms with Crippen LogP contribution in [0.15, 0.2) is 24.3 Å². The highest BCUT2D eigenvalue weighted by molar-refractivity contribution is 7.80. The summed E-state index contributed by atoms with van der Waals surface area (Å²) in [7, 11) is 0. The second-order valence-electron chi connectivity index (χ2n) is 3.52. The van der Waals surface area contributed by atoms with Crippen molar-refractivity contribution in [2.75, 3.05) is 5.32 Å². The SMILES string of the molecule is CCCCC(=S)Nc1ccc(C)cc1. The number of unbranched alkanes of at least 4 members (excludes halogenated alkanes) is 1. The number of thiocarbonyl (C=S) groups is 1. The molecule has 0 aliphatic heterocycles. The summed E-state index contributed by atoms with van der Waals surface area (Å²) in [6, 6.07) is 8.30. The molecule has 1 nitrogen and oxygen atoms in total. The summed E-state index contributed by atoms with van der Waals surface area (Å²) in [6.45, 7) is 4.26. The van der Waals surface area contributed by atoms with Gasteiger partial charge in [-0.1, -0.05) is 43.3 Å². The summed E-state index contributed by atoms with van der Waals surface area (Å²) < 4.78 is 0. The molecule has 0 saturated carbocycles. The van der Waals surface area contributed by atoms with E-state index in [0.29, 0.717) is 0 Å². The molecule has 1 aromatic rings. The van der Waals surface area contributed by atoms with E-state index in [-0.39, 0.29) is 0 Å². The second kappa shape index (κ2) is 5.76. The van der Waals surface area contributed by atoms with Gasteiger partial charge in [0.05, 0.1) is 4.99 Å². The summed E-state index contributed by atoms with van der Waals surface area (Å²) in [5.41, 5.74) is 2.37. The molecule has 0 fully saturated rings. The summed E-state index contributed by atoms with van der Waals surface area (Å²) in [6.07, 6.45) is 3.34. The van der Waals surface area contributed by atoms with Gasteiger partial charge in [-0.3, -0.25) is 0 Å². The molecule has 2 heteroatoms. The Labute approximate surface area is 91.5 Å². The van der Waals surface area contributed by atoms with Crippen molar-refractivity contribution >= 4 is 22.9 Å². The highest BCUT2D eigenvalue weighted by Gasteiger charge is 1.96. The highest BCUT2D eigenvalue weighted by Crippen LogP contribution is 2.10. The Hall–Kier alpha value is -0.890. The van der Waals surface area contributed by atoms with Gasteiger partial charge in [0.15, 0.2) is 0 Å². The lowest BCUT2D eigenvalue weighted by molar-refractivity contribution is 0.839. The maximum Gasteiger partial charge on any atom is 0.0797 e. The Balaban J connectivity index is 2.44. The van der Waals surface area contributed by atoms with E-state index in [2.05, 4.69) is 43.4 Å². The number of aryl methyl sites for hydroxylation is 1. The van der Waals surface area contributed by atoms with Crippen LogP contribution in [0.3, 0.4) is 0 Å². The normalized spacial score (nSPS) is 9.86. The third-order valence-electron chi connectivity index (χ3n) is 2.09. The largest absolute Gasteiger partial charge is 0.350 e. The van der Waals surface area contributed by atoms with Crippen molar-refractivity contribution in [2.24, 2.45) is 0 Å². The van der Waals surface area contributed by atoms with E-state index in [1.807, 2.05) is 0 Å². The first-order valence-electron chi connectivity index (χ1n) is 5.09. The van der Waals surface area contributed by atoms with Crippen LogP contribution in [0.4, 0.5) is 5.69 Å². The zero-order valence-corrected chi connectivity index (χ0v) is 9.66. The molecule has 14 heavy (non-hydrogen) atoms. The lowest BCUT2D eigenvalue weighted by Crippen LogP contribution is -2.08. The van der Waals surface area contributed by atoms with E-state index in [4.69, 9.17) is 12.2 Å². The van der Waals surface area contributed by atoms with Crippen molar-refractivity contribution in [3.05, 3.63) is 29.8 Å². The number of nitrogens with one attached hydrogen (secondary N) is 1. The minimum atomic E-state index is 0.940. The average Bonchev–Trinajstić information content (AvgIpc) is 2.18. The molecular formula is C12H17NS. The fourth-order valence-corrected chi connectivity index (χ4v) is 1.46. The van der Waals surface area contributed by atoms with Gasteiger partial charge in [0.25, 0.3) is 0 Å². The van der Waals surface area contributed by atoms with Crippen LogP contribution < -0.4 is 5.32 Å². The van der Waals surface area contributed by atoms with Gasteiger partial charge in [-0.05, 0) is 31.9 Å². The van der Waals surface area contributed by atoms with Crippen LogP contribution in [0.25, 0.3) is 0 Å². The topological polar surface area (TPSA) is 12.0 Å². The molecule has 0 unspecified atom stereocenters. The van der Waals surface area contributed by atoms with Crippen LogP contribution in [0.5, 0.6) is 0 Å². The summed E-state index contributed by atoms with van der Waals surface area (Å²) >= 11 is 5.22. The summed E-state index contributed by atoms with van der Waals surface area (Å²) in [5.74, 6) is 0. The molecule has 0 bridgehead atoms. The number of benzene rings is 1. The lowest BCUT2D eigenvalue weighted by atomic mass is 10.2. The maximum atomic E-state index is 5.22. The van der Waals surface area contributed by atoms with Crippen molar-refractivity contribution in [1.29, 1.82) is 0 Å². The number of anilines is 1. The standard InChI is InChI=1S/C12H17NS/c1-3-4-5-12(14)13-11-8-6-10(2)7-9-11/h6-9H,3-5H2,1-2H3,(H,13,14). The first kappa shape index (κ1) is 11.2. The van der Waals surface area contributed by atoms with Crippen LogP contribution in [0, 0.1) is 6.92 Å². The first-order valence-corrected chi connectivity index (χ1v) is 5.49. The summed E-state index contributed by atoms with van der Waals surface area (Å²) in [5, 5.41) is 3.24. The molecule has 0 aliphatic carbocycles. The predicted octanol–water partition coefficient (Wildman–Crippen LogP) is 3.92.